The topological polar surface area (TPSA) is 0 Å². The average Bonchev–Trinajstić information content (AvgIpc) is 2.85. The molecule has 0 spiro atoms. The fourth-order valence-electron chi connectivity index (χ4n) is 3.49. The SMILES string of the molecule is C1=C(c2ccc(-c3ccccc3)cc2)SC(c2ccc(-c3ccccc3)cc2)=CS1. The molecule has 4 aromatic rings. The van der Waals surface area contributed by atoms with Crippen molar-refractivity contribution in [3.8, 4) is 22.3 Å². The van der Waals surface area contributed by atoms with E-state index >= 15 is 0 Å². The highest BCUT2D eigenvalue weighted by molar-refractivity contribution is 8.20. The van der Waals surface area contributed by atoms with Crippen LogP contribution in [0.4, 0.5) is 0 Å². The highest BCUT2D eigenvalue weighted by Gasteiger charge is 2.13. The second kappa shape index (κ2) is 8.83. The standard InChI is InChI=1S/C28H20S2/c1-3-7-21(8-4-1)23-11-15-25(16-12-23)27-19-29-20-28(30-27)26-17-13-24(14-18-26)22-9-5-2-6-10-22/h1-20H. The molecule has 1 aliphatic heterocycles. The van der Waals surface area contributed by atoms with E-state index in [0.717, 1.165) is 0 Å². The van der Waals surface area contributed by atoms with Gasteiger partial charge in [-0.1, -0.05) is 121 Å². The Morgan fingerprint density at radius 2 is 0.667 bits per heavy atom. The van der Waals surface area contributed by atoms with Crippen LogP contribution in [0.1, 0.15) is 11.1 Å². The summed E-state index contributed by atoms with van der Waals surface area (Å²) in [5, 5.41) is 4.48. The summed E-state index contributed by atoms with van der Waals surface area (Å²) in [7, 11) is 0. The Labute approximate surface area is 186 Å². The maximum atomic E-state index is 2.24. The predicted octanol–water partition coefficient (Wildman–Crippen LogP) is 8.80. The van der Waals surface area contributed by atoms with Crippen LogP contribution in [-0.2, 0) is 0 Å². The molecule has 1 aliphatic rings. The second-order valence-electron chi connectivity index (χ2n) is 7.09. The highest BCUT2D eigenvalue weighted by atomic mass is 32.2. The van der Waals surface area contributed by atoms with Crippen molar-refractivity contribution in [1.82, 2.24) is 0 Å². The van der Waals surface area contributed by atoms with Crippen LogP contribution < -0.4 is 0 Å². The third kappa shape index (κ3) is 4.16. The smallest absolute Gasteiger partial charge is 0.0261 e. The largest absolute Gasteiger partial charge is 0.104 e. The summed E-state index contributed by atoms with van der Waals surface area (Å²) in [5.41, 5.74) is 7.53. The first-order chi connectivity index (χ1) is 14.9. The maximum Gasteiger partial charge on any atom is 0.0261 e. The number of hydrogen-bond acceptors (Lipinski definition) is 2. The Balaban J connectivity index is 1.33. The molecule has 0 N–H and O–H groups in total. The van der Waals surface area contributed by atoms with E-state index in [9.17, 15) is 0 Å². The third-order valence-corrected chi connectivity index (χ3v) is 7.31. The zero-order valence-electron chi connectivity index (χ0n) is 16.4. The zero-order valence-corrected chi connectivity index (χ0v) is 18.0. The van der Waals surface area contributed by atoms with Crippen molar-refractivity contribution in [3.63, 3.8) is 0 Å². The van der Waals surface area contributed by atoms with Crippen LogP contribution in [0.3, 0.4) is 0 Å². The molecule has 5 rings (SSSR count). The lowest BCUT2D eigenvalue weighted by Crippen LogP contribution is -1.87. The minimum Gasteiger partial charge on any atom is -0.104 e. The molecule has 0 unspecified atom stereocenters. The summed E-state index contributed by atoms with van der Waals surface area (Å²) in [6.07, 6.45) is 0. The van der Waals surface area contributed by atoms with Crippen LogP contribution in [0.15, 0.2) is 120 Å². The molecule has 0 saturated heterocycles. The molecule has 0 aliphatic carbocycles. The molecule has 0 atom stereocenters. The number of hydrogen-bond donors (Lipinski definition) is 0. The third-order valence-electron chi connectivity index (χ3n) is 5.12. The van der Waals surface area contributed by atoms with E-state index in [1.165, 1.54) is 43.2 Å². The molecule has 0 nitrogen and oxygen atoms in total. The van der Waals surface area contributed by atoms with Gasteiger partial charge < -0.3 is 0 Å². The van der Waals surface area contributed by atoms with Crippen molar-refractivity contribution in [3.05, 3.63) is 131 Å². The Hall–Kier alpha value is -2.94. The molecular formula is C28H20S2. The van der Waals surface area contributed by atoms with Crippen LogP contribution in [0.2, 0.25) is 0 Å². The molecule has 144 valence electrons. The van der Waals surface area contributed by atoms with Crippen molar-refractivity contribution in [2.45, 2.75) is 0 Å². The highest BCUT2D eigenvalue weighted by Crippen LogP contribution is 2.45. The fraction of sp³-hybridized carbons (Fsp3) is 0. The Kier molecular flexibility index (Phi) is 5.60. The first-order valence-electron chi connectivity index (χ1n) is 9.92. The van der Waals surface area contributed by atoms with Crippen molar-refractivity contribution >= 4 is 33.3 Å². The number of benzene rings is 4. The molecule has 0 bridgehead atoms. The lowest BCUT2D eigenvalue weighted by atomic mass is 10.0. The fourth-order valence-corrected chi connectivity index (χ4v) is 5.54. The van der Waals surface area contributed by atoms with Gasteiger partial charge in [0.1, 0.15) is 0 Å². The molecule has 2 heteroatoms. The lowest BCUT2D eigenvalue weighted by molar-refractivity contribution is 1.59. The molecular weight excluding hydrogens is 400 g/mol. The normalized spacial score (nSPS) is 13.5. The first kappa shape index (κ1) is 19.0. The molecule has 4 aromatic carbocycles. The minimum atomic E-state index is 1.25. The molecule has 0 saturated carbocycles. The van der Waals surface area contributed by atoms with E-state index in [4.69, 9.17) is 0 Å². The van der Waals surface area contributed by atoms with Gasteiger partial charge in [-0.25, -0.2) is 0 Å². The van der Waals surface area contributed by atoms with Gasteiger partial charge in [0.05, 0.1) is 0 Å². The van der Waals surface area contributed by atoms with Crippen LogP contribution in [-0.4, -0.2) is 0 Å². The second-order valence-corrected chi connectivity index (χ2v) is 8.92. The zero-order chi connectivity index (χ0) is 20.2. The van der Waals surface area contributed by atoms with Gasteiger partial charge in [0.15, 0.2) is 0 Å². The van der Waals surface area contributed by atoms with Crippen LogP contribution in [0.25, 0.3) is 32.1 Å². The molecule has 1 heterocycles. The lowest BCUT2D eigenvalue weighted by Gasteiger charge is -2.16. The first-order valence-corrected chi connectivity index (χ1v) is 11.7. The van der Waals surface area contributed by atoms with Crippen LogP contribution >= 0.6 is 23.5 Å². The van der Waals surface area contributed by atoms with E-state index < -0.39 is 0 Å². The van der Waals surface area contributed by atoms with Crippen LogP contribution in [0.5, 0.6) is 0 Å². The maximum absolute atomic E-state index is 2.24. The Morgan fingerprint density at radius 3 is 1.07 bits per heavy atom. The van der Waals surface area contributed by atoms with Gasteiger partial charge in [0.25, 0.3) is 0 Å². The molecule has 0 radical (unpaired) electrons. The van der Waals surface area contributed by atoms with Gasteiger partial charge in [0.2, 0.25) is 0 Å². The predicted molar refractivity (Wildman–Crippen MR) is 135 cm³/mol. The van der Waals surface area contributed by atoms with E-state index in [2.05, 4.69) is 120 Å². The van der Waals surface area contributed by atoms with Crippen molar-refractivity contribution in [1.29, 1.82) is 0 Å². The molecule has 30 heavy (non-hydrogen) atoms. The van der Waals surface area contributed by atoms with Crippen molar-refractivity contribution in [2.24, 2.45) is 0 Å². The van der Waals surface area contributed by atoms with Gasteiger partial charge in [0, 0.05) is 9.81 Å². The van der Waals surface area contributed by atoms with Gasteiger partial charge in [-0.3, -0.25) is 0 Å². The summed E-state index contributed by atoms with van der Waals surface area (Å²) in [4.78, 5) is 2.59. The summed E-state index contributed by atoms with van der Waals surface area (Å²) in [5.74, 6) is 0. The molecule has 0 aromatic heterocycles. The van der Waals surface area contributed by atoms with Gasteiger partial charge in [-0.2, -0.15) is 0 Å². The summed E-state index contributed by atoms with van der Waals surface area (Å²) in [6.45, 7) is 0. The van der Waals surface area contributed by atoms with Gasteiger partial charge in [-0.05, 0) is 44.2 Å². The van der Waals surface area contributed by atoms with Crippen molar-refractivity contribution < 1.29 is 0 Å². The van der Waals surface area contributed by atoms with E-state index in [-0.39, 0.29) is 0 Å². The van der Waals surface area contributed by atoms with Gasteiger partial charge in [-0.15, -0.1) is 11.8 Å². The monoisotopic (exact) mass is 420 g/mol. The summed E-state index contributed by atoms with van der Waals surface area (Å²) >= 11 is 3.60. The summed E-state index contributed by atoms with van der Waals surface area (Å²) < 4.78 is 0. The van der Waals surface area contributed by atoms with E-state index in [1.807, 2.05) is 11.8 Å². The Bertz CT molecular complexity index is 1090. The van der Waals surface area contributed by atoms with E-state index in [0.29, 0.717) is 0 Å². The minimum absolute atomic E-state index is 1.25. The molecule has 0 fully saturated rings. The Morgan fingerprint density at radius 1 is 0.333 bits per heavy atom. The number of thioether (sulfide) groups is 2. The van der Waals surface area contributed by atoms with Crippen molar-refractivity contribution in [2.75, 3.05) is 0 Å². The van der Waals surface area contributed by atoms with E-state index in [1.54, 1.807) is 11.8 Å². The quantitative estimate of drug-likeness (QED) is 0.323. The summed E-state index contributed by atoms with van der Waals surface area (Å²) in [6, 6.07) is 38.8. The van der Waals surface area contributed by atoms with Gasteiger partial charge >= 0.3 is 0 Å². The average molecular weight is 421 g/mol. The van der Waals surface area contributed by atoms with Crippen LogP contribution in [0, 0.1) is 0 Å². The molecule has 0 amide bonds. The number of rotatable bonds is 4.